The average molecular weight is 229 g/mol. The summed E-state index contributed by atoms with van der Waals surface area (Å²) in [6.07, 6.45) is 12.4. The van der Waals surface area contributed by atoms with Crippen molar-refractivity contribution in [3.05, 3.63) is 0 Å². The molecule has 0 aromatic carbocycles. The Balaban J connectivity index is 3.06. The molecule has 3 heteroatoms. The predicted octanol–water partition coefficient (Wildman–Crippen LogP) is 2.13. The first kappa shape index (κ1) is 15.9. The van der Waals surface area contributed by atoms with Gasteiger partial charge < -0.3 is 17.2 Å². The summed E-state index contributed by atoms with van der Waals surface area (Å²) < 4.78 is 0. The first-order valence-corrected chi connectivity index (χ1v) is 6.97. The molecule has 0 rings (SSSR count). The van der Waals surface area contributed by atoms with Gasteiger partial charge in [-0.1, -0.05) is 38.5 Å². The van der Waals surface area contributed by atoms with Gasteiger partial charge in [0.15, 0.2) is 0 Å². The molecular formula is C13H31N3. The maximum absolute atomic E-state index is 6.02. The summed E-state index contributed by atoms with van der Waals surface area (Å²) in [4.78, 5) is 0. The lowest BCUT2D eigenvalue weighted by atomic mass is 10.0. The van der Waals surface area contributed by atoms with Crippen LogP contribution in [0.15, 0.2) is 0 Å². The summed E-state index contributed by atoms with van der Waals surface area (Å²) in [5.74, 6) is 0. The van der Waals surface area contributed by atoms with Crippen molar-refractivity contribution in [2.75, 3.05) is 13.1 Å². The fourth-order valence-corrected chi connectivity index (χ4v) is 1.95. The quantitative estimate of drug-likeness (QED) is 0.449. The lowest BCUT2D eigenvalue weighted by Gasteiger charge is -2.10. The normalized spacial score (nSPS) is 12.9. The highest BCUT2D eigenvalue weighted by Crippen LogP contribution is 2.10. The molecule has 0 saturated carbocycles. The van der Waals surface area contributed by atoms with Crippen LogP contribution in [0.1, 0.15) is 64.2 Å². The van der Waals surface area contributed by atoms with Crippen molar-refractivity contribution >= 4 is 0 Å². The van der Waals surface area contributed by atoms with E-state index in [4.69, 9.17) is 17.2 Å². The number of rotatable bonds is 12. The van der Waals surface area contributed by atoms with Gasteiger partial charge in [0.05, 0.1) is 0 Å². The topological polar surface area (TPSA) is 78.1 Å². The molecular weight excluding hydrogens is 198 g/mol. The Labute approximate surface area is 101 Å². The van der Waals surface area contributed by atoms with Crippen LogP contribution in [-0.4, -0.2) is 19.1 Å². The molecule has 0 aromatic heterocycles. The van der Waals surface area contributed by atoms with Gasteiger partial charge in [0, 0.05) is 6.04 Å². The van der Waals surface area contributed by atoms with Gasteiger partial charge in [0.1, 0.15) is 0 Å². The monoisotopic (exact) mass is 229 g/mol. The van der Waals surface area contributed by atoms with Crippen LogP contribution in [0.4, 0.5) is 0 Å². The van der Waals surface area contributed by atoms with Gasteiger partial charge >= 0.3 is 0 Å². The third-order valence-electron chi connectivity index (χ3n) is 3.06. The first-order chi connectivity index (χ1) is 7.81. The Morgan fingerprint density at radius 1 is 0.562 bits per heavy atom. The zero-order chi connectivity index (χ0) is 12.1. The van der Waals surface area contributed by atoms with Crippen LogP contribution < -0.4 is 17.2 Å². The SMILES string of the molecule is NCCCCCCCCC(N)CCCCN. The minimum Gasteiger partial charge on any atom is -0.330 e. The van der Waals surface area contributed by atoms with E-state index >= 15 is 0 Å². The van der Waals surface area contributed by atoms with E-state index in [-0.39, 0.29) is 0 Å². The Morgan fingerprint density at radius 2 is 0.938 bits per heavy atom. The Bertz CT molecular complexity index is 128. The van der Waals surface area contributed by atoms with Gasteiger partial charge in [-0.25, -0.2) is 0 Å². The smallest absolute Gasteiger partial charge is 0.00388 e. The van der Waals surface area contributed by atoms with E-state index in [1.54, 1.807) is 0 Å². The molecule has 0 fully saturated rings. The van der Waals surface area contributed by atoms with Crippen molar-refractivity contribution in [2.45, 2.75) is 70.3 Å². The van der Waals surface area contributed by atoms with Crippen molar-refractivity contribution in [2.24, 2.45) is 17.2 Å². The number of hydrogen-bond donors (Lipinski definition) is 3. The fraction of sp³-hybridized carbons (Fsp3) is 1.00. The summed E-state index contributed by atoms with van der Waals surface area (Å²) in [5, 5.41) is 0. The Hall–Kier alpha value is -0.120. The van der Waals surface area contributed by atoms with Crippen LogP contribution in [0.3, 0.4) is 0 Å². The number of unbranched alkanes of at least 4 members (excludes halogenated alkanes) is 6. The van der Waals surface area contributed by atoms with Crippen LogP contribution in [0.5, 0.6) is 0 Å². The zero-order valence-corrected chi connectivity index (χ0v) is 10.8. The molecule has 0 aliphatic carbocycles. The molecule has 98 valence electrons. The molecule has 0 heterocycles. The van der Waals surface area contributed by atoms with E-state index < -0.39 is 0 Å². The molecule has 6 N–H and O–H groups in total. The van der Waals surface area contributed by atoms with Crippen LogP contribution in [0.2, 0.25) is 0 Å². The summed E-state index contributed by atoms with van der Waals surface area (Å²) >= 11 is 0. The zero-order valence-electron chi connectivity index (χ0n) is 10.8. The molecule has 0 aromatic rings. The largest absolute Gasteiger partial charge is 0.330 e. The lowest BCUT2D eigenvalue weighted by molar-refractivity contribution is 0.494. The van der Waals surface area contributed by atoms with Crippen molar-refractivity contribution in [3.8, 4) is 0 Å². The van der Waals surface area contributed by atoms with E-state index in [0.29, 0.717) is 6.04 Å². The second-order valence-electron chi connectivity index (χ2n) is 4.74. The van der Waals surface area contributed by atoms with E-state index in [0.717, 1.165) is 25.9 Å². The van der Waals surface area contributed by atoms with Gasteiger partial charge in [-0.2, -0.15) is 0 Å². The summed E-state index contributed by atoms with van der Waals surface area (Å²) in [7, 11) is 0. The highest BCUT2D eigenvalue weighted by Gasteiger charge is 2.01. The second-order valence-corrected chi connectivity index (χ2v) is 4.74. The van der Waals surface area contributed by atoms with Gasteiger partial charge in [-0.05, 0) is 38.8 Å². The molecule has 0 radical (unpaired) electrons. The lowest BCUT2D eigenvalue weighted by Crippen LogP contribution is -2.19. The fourth-order valence-electron chi connectivity index (χ4n) is 1.95. The minimum atomic E-state index is 0.399. The minimum absolute atomic E-state index is 0.399. The van der Waals surface area contributed by atoms with E-state index in [9.17, 15) is 0 Å². The second kappa shape index (κ2) is 12.9. The molecule has 3 nitrogen and oxygen atoms in total. The Kier molecular flexibility index (Phi) is 12.9. The maximum atomic E-state index is 6.02. The summed E-state index contributed by atoms with van der Waals surface area (Å²) in [6.45, 7) is 1.64. The first-order valence-electron chi connectivity index (χ1n) is 6.97. The molecule has 0 amide bonds. The molecule has 16 heavy (non-hydrogen) atoms. The molecule has 0 bridgehead atoms. The standard InChI is InChI=1S/C13H31N3/c14-11-7-4-2-1-3-5-9-13(16)10-6-8-12-15/h13H,1-12,14-16H2. The summed E-state index contributed by atoms with van der Waals surface area (Å²) in [6, 6.07) is 0.399. The van der Waals surface area contributed by atoms with Crippen LogP contribution >= 0.6 is 0 Å². The van der Waals surface area contributed by atoms with Gasteiger partial charge in [0.2, 0.25) is 0 Å². The third kappa shape index (κ3) is 12.0. The Morgan fingerprint density at radius 3 is 1.50 bits per heavy atom. The van der Waals surface area contributed by atoms with E-state index in [1.165, 1.54) is 51.4 Å². The average Bonchev–Trinajstić information content (AvgIpc) is 2.28. The maximum Gasteiger partial charge on any atom is 0.00388 e. The number of nitrogens with two attached hydrogens (primary N) is 3. The van der Waals surface area contributed by atoms with Crippen LogP contribution in [0.25, 0.3) is 0 Å². The molecule has 0 saturated heterocycles. The predicted molar refractivity (Wildman–Crippen MR) is 72.3 cm³/mol. The van der Waals surface area contributed by atoms with Gasteiger partial charge in [-0.3, -0.25) is 0 Å². The van der Waals surface area contributed by atoms with Crippen LogP contribution in [-0.2, 0) is 0 Å². The van der Waals surface area contributed by atoms with Crippen molar-refractivity contribution in [3.63, 3.8) is 0 Å². The highest BCUT2D eigenvalue weighted by atomic mass is 14.6. The van der Waals surface area contributed by atoms with Crippen molar-refractivity contribution < 1.29 is 0 Å². The van der Waals surface area contributed by atoms with Gasteiger partial charge in [-0.15, -0.1) is 0 Å². The third-order valence-corrected chi connectivity index (χ3v) is 3.06. The molecule has 0 spiro atoms. The van der Waals surface area contributed by atoms with Gasteiger partial charge in [0.25, 0.3) is 0 Å². The molecule has 0 aliphatic rings. The highest BCUT2D eigenvalue weighted by molar-refractivity contribution is 4.61. The van der Waals surface area contributed by atoms with E-state index in [1.807, 2.05) is 0 Å². The van der Waals surface area contributed by atoms with Crippen molar-refractivity contribution in [1.82, 2.24) is 0 Å². The van der Waals surface area contributed by atoms with Crippen molar-refractivity contribution in [1.29, 1.82) is 0 Å². The van der Waals surface area contributed by atoms with Crippen LogP contribution in [0, 0.1) is 0 Å². The molecule has 1 atom stereocenters. The summed E-state index contributed by atoms with van der Waals surface area (Å²) in [5.41, 5.74) is 16.9. The molecule has 1 unspecified atom stereocenters. The van der Waals surface area contributed by atoms with E-state index in [2.05, 4.69) is 0 Å². The number of hydrogen-bond acceptors (Lipinski definition) is 3. The molecule has 0 aliphatic heterocycles.